The molecule has 0 aromatic heterocycles. The molecule has 1 aromatic carbocycles. The van der Waals surface area contributed by atoms with Gasteiger partial charge in [-0.3, -0.25) is 0 Å². The monoisotopic (exact) mass is 311 g/mol. The molecule has 2 N–H and O–H groups in total. The first kappa shape index (κ1) is 16.4. The molecule has 0 aliphatic heterocycles. The van der Waals surface area contributed by atoms with Gasteiger partial charge in [-0.2, -0.15) is 13.2 Å². The minimum absolute atomic E-state index is 0.0824. The molecule has 9 heteroatoms. The van der Waals surface area contributed by atoms with Crippen molar-refractivity contribution in [1.29, 1.82) is 0 Å². The molecule has 5 nitrogen and oxygen atoms in total. The Bertz CT molecular complexity index is 566. The predicted molar refractivity (Wildman–Crippen MR) is 63.9 cm³/mol. The number of carboxylic acids is 1. The molecule has 0 aliphatic rings. The van der Waals surface area contributed by atoms with E-state index in [4.69, 9.17) is 5.11 Å². The van der Waals surface area contributed by atoms with Crippen molar-refractivity contribution >= 4 is 16.0 Å². The summed E-state index contributed by atoms with van der Waals surface area (Å²) in [6.07, 6.45) is -5.77. The molecule has 0 heterocycles. The van der Waals surface area contributed by atoms with E-state index in [0.29, 0.717) is 0 Å². The first-order valence-corrected chi connectivity index (χ1v) is 7.00. The van der Waals surface area contributed by atoms with E-state index >= 15 is 0 Å². The van der Waals surface area contributed by atoms with Crippen molar-refractivity contribution in [2.24, 2.45) is 0 Å². The smallest absolute Gasteiger partial charge is 0.389 e. The third-order valence-electron chi connectivity index (χ3n) is 2.34. The van der Waals surface area contributed by atoms with Crippen LogP contribution in [0.1, 0.15) is 23.2 Å². The van der Waals surface area contributed by atoms with E-state index in [1.54, 1.807) is 0 Å². The maximum Gasteiger partial charge on any atom is 0.389 e. The Morgan fingerprint density at radius 2 is 1.75 bits per heavy atom. The van der Waals surface area contributed by atoms with Gasteiger partial charge in [-0.1, -0.05) is 0 Å². The van der Waals surface area contributed by atoms with Crippen molar-refractivity contribution in [3.63, 3.8) is 0 Å². The number of aromatic carboxylic acids is 1. The van der Waals surface area contributed by atoms with Gasteiger partial charge in [-0.15, -0.1) is 0 Å². The van der Waals surface area contributed by atoms with Crippen LogP contribution >= 0.6 is 0 Å². The highest BCUT2D eigenvalue weighted by atomic mass is 32.2. The molecule has 0 saturated carbocycles. The number of carbonyl (C=O) groups is 1. The Morgan fingerprint density at radius 3 is 2.20 bits per heavy atom. The Labute approximate surface area is 113 Å². The quantitative estimate of drug-likeness (QED) is 0.787. The molecule has 1 rings (SSSR count). The summed E-state index contributed by atoms with van der Waals surface area (Å²) in [6.45, 7) is -0.345. The molecule has 0 unspecified atom stereocenters. The zero-order valence-corrected chi connectivity index (χ0v) is 11.0. The van der Waals surface area contributed by atoms with Crippen LogP contribution in [0.15, 0.2) is 29.2 Å². The van der Waals surface area contributed by atoms with Crippen LogP contribution in [0.25, 0.3) is 0 Å². The summed E-state index contributed by atoms with van der Waals surface area (Å²) in [5.41, 5.74) is -0.0824. The molecular formula is C11H12F3NO4S. The highest BCUT2D eigenvalue weighted by molar-refractivity contribution is 7.89. The van der Waals surface area contributed by atoms with Gasteiger partial charge in [-0.05, 0) is 30.7 Å². The Kier molecular flexibility index (Phi) is 5.12. The van der Waals surface area contributed by atoms with Crippen molar-refractivity contribution in [3.05, 3.63) is 29.8 Å². The highest BCUT2D eigenvalue weighted by Gasteiger charge is 2.26. The van der Waals surface area contributed by atoms with Crippen molar-refractivity contribution in [2.45, 2.75) is 23.9 Å². The maximum atomic E-state index is 11.9. The van der Waals surface area contributed by atoms with Crippen molar-refractivity contribution in [1.82, 2.24) is 4.72 Å². The zero-order valence-electron chi connectivity index (χ0n) is 10.1. The summed E-state index contributed by atoms with van der Waals surface area (Å²) in [7, 11) is -3.93. The molecule has 0 atom stereocenters. The lowest BCUT2D eigenvalue weighted by molar-refractivity contribution is -0.135. The van der Waals surface area contributed by atoms with E-state index in [2.05, 4.69) is 0 Å². The Balaban J connectivity index is 2.62. The number of sulfonamides is 1. The molecule has 1 aromatic rings. The molecule has 20 heavy (non-hydrogen) atoms. The predicted octanol–water partition coefficient (Wildman–Crippen LogP) is 2.01. The summed E-state index contributed by atoms with van der Waals surface area (Å²) < 4.78 is 61.1. The van der Waals surface area contributed by atoms with Gasteiger partial charge >= 0.3 is 12.1 Å². The van der Waals surface area contributed by atoms with Gasteiger partial charge in [-0.25, -0.2) is 17.9 Å². The number of nitrogens with one attached hydrogen (secondary N) is 1. The Morgan fingerprint density at radius 1 is 1.20 bits per heavy atom. The average Bonchev–Trinajstić information content (AvgIpc) is 2.34. The number of carboxylic acid groups (broad SMARTS) is 1. The number of hydrogen-bond acceptors (Lipinski definition) is 3. The summed E-state index contributed by atoms with van der Waals surface area (Å²) in [5.74, 6) is -1.20. The molecule has 0 amide bonds. The second-order valence-corrected chi connectivity index (χ2v) is 5.71. The maximum absolute atomic E-state index is 11.9. The fraction of sp³-hybridized carbons (Fsp3) is 0.364. The van der Waals surface area contributed by atoms with Crippen LogP contribution in [0.3, 0.4) is 0 Å². The van der Waals surface area contributed by atoms with Crippen molar-refractivity contribution < 1.29 is 31.5 Å². The van der Waals surface area contributed by atoms with Crippen molar-refractivity contribution in [2.75, 3.05) is 6.54 Å². The molecule has 0 aliphatic carbocycles. The van der Waals surface area contributed by atoms with E-state index in [1.807, 2.05) is 4.72 Å². The third kappa shape index (κ3) is 5.17. The van der Waals surface area contributed by atoms with Crippen molar-refractivity contribution in [3.8, 4) is 0 Å². The van der Waals surface area contributed by atoms with Gasteiger partial charge in [0, 0.05) is 13.0 Å². The van der Waals surface area contributed by atoms with E-state index in [9.17, 15) is 26.4 Å². The molecular weight excluding hydrogens is 299 g/mol. The second kappa shape index (κ2) is 6.23. The first-order valence-electron chi connectivity index (χ1n) is 5.51. The van der Waals surface area contributed by atoms with Crippen LogP contribution in [-0.2, 0) is 10.0 Å². The van der Waals surface area contributed by atoms with Gasteiger partial charge in [0.05, 0.1) is 10.5 Å². The molecule has 0 bridgehead atoms. The molecule has 112 valence electrons. The van der Waals surface area contributed by atoms with Crippen LogP contribution in [0.5, 0.6) is 0 Å². The third-order valence-corrected chi connectivity index (χ3v) is 3.82. The lowest BCUT2D eigenvalue weighted by Crippen LogP contribution is -2.25. The largest absolute Gasteiger partial charge is 0.478 e. The van der Waals surface area contributed by atoms with Gasteiger partial charge in [0.1, 0.15) is 0 Å². The van der Waals surface area contributed by atoms with Gasteiger partial charge < -0.3 is 5.11 Å². The van der Waals surface area contributed by atoms with Crippen LogP contribution in [0.4, 0.5) is 13.2 Å². The minimum Gasteiger partial charge on any atom is -0.478 e. The van der Waals surface area contributed by atoms with Gasteiger partial charge in [0.25, 0.3) is 0 Å². The van der Waals surface area contributed by atoms with Crippen LogP contribution in [0, 0.1) is 0 Å². The number of halogens is 3. The lowest BCUT2D eigenvalue weighted by Gasteiger charge is -2.08. The van der Waals surface area contributed by atoms with Crippen LogP contribution < -0.4 is 4.72 Å². The molecule has 0 spiro atoms. The van der Waals surface area contributed by atoms with Crippen LogP contribution in [-0.4, -0.2) is 32.2 Å². The zero-order chi connectivity index (χ0) is 15.4. The fourth-order valence-electron chi connectivity index (χ4n) is 1.36. The van der Waals surface area contributed by atoms with E-state index in [0.717, 1.165) is 24.3 Å². The normalized spacial score (nSPS) is 12.3. The average molecular weight is 311 g/mol. The minimum atomic E-state index is -4.32. The lowest BCUT2D eigenvalue weighted by atomic mass is 10.2. The fourth-order valence-corrected chi connectivity index (χ4v) is 2.43. The summed E-state index contributed by atoms with van der Waals surface area (Å²) >= 11 is 0. The number of alkyl halides is 3. The van der Waals surface area contributed by atoms with E-state index in [1.165, 1.54) is 0 Å². The highest BCUT2D eigenvalue weighted by Crippen LogP contribution is 2.21. The van der Waals surface area contributed by atoms with Gasteiger partial charge in [0.15, 0.2) is 0 Å². The summed E-state index contributed by atoms with van der Waals surface area (Å²) in [4.78, 5) is 10.4. The Hall–Kier alpha value is -1.61. The molecule has 0 radical (unpaired) electrons. The topological polar surface area (TPSA) is 83.5 Å². The number of rotatable bonds is 6. The summed E-state index contributed by atoms with van der Waals surface area (Å²) in [5, 5.41) is 8.66. The SMILES string of the molecule is O=C(O)c1ccc(S(=O)(=O)NCCCC(F)(F)F)cc1. The van der Waals surface area contributed by atoms with E-state index in [-0.39, 0.29) is 23.4 Å². The first-order chi connectivity index (χ1) is 9.12. The second-order valence-electron chi connectivity index (χ2n) is 3.95. The van der Waals surface area contributed by atoms with Crippen LogP contribution in [0.2, 0.25) is 0 Å². The molecule has 0 fully saturated rings. The number of benzene rings is 1. The standard InChI is InChI=1S/C11H12F3NO4S/c12-11(13,14)6-1-7-15-20(18,19)9-4-2-8(3-5-9)10(16)17/h2-5,15H,1,6-7H2,(H,16,17). The van der Waals surface area contributed by atoms with Gasteiger partial charge in [0.2, 0.25) is 10.0 Å². The molecule has 0 saturated heterocycles. The van der Waals surface area contributed by atoms with E-state index < -0.39 is 28.6 Å². The summed E-state index contributed by atoms with van der Waals surface area (Å²) in [6, 6.07) is 4.37. The number of hydrogen-bond donors (Lipinski definition) is 2.